The molecule has 2 atom stereocenters. The molecule has 1 aliphatic heterocycles. The highest BCUT2D eigenvalue weighted by atomic mass is 16.5. The van der Waals surface area contributed by atoms with Crippen LogP contribution in [0, 0.1) is 19.8 Å². The van der Waals surface area contributed by atoms with Gasteiger partial charge in [-0.25, -0.2) is 0 Å². The van der Waals surface area contributed by atoms with Gasteiger partial charge in [0.2, 0.25) is 0 Å². The number of rotatable bonds is 5. The summed E-state index contributed by atoms with van der Waals surface area (Å²) < 4.78 is 5.11. The predicted octanol–water partition coefficient (Wildman–Crippen LogP) is 1.10. The second kappa shape index (κ2) is 8.11. The van der Waals surface area contributed by atoms with Crippen LogP contribution < -0.4 is 10.2 Å². The minimum absolute atomic E-state index is 0.00166. The Balaban J connectivity index is 1.89. The van der Waals surface area contributed by atoms with Gasteiger partial charge in [0, 0.05) is 5.69 Å². The number of piperidine rings is 1. The van der Waals surface area contributed by atoms with Gasteiger partial charge in [0.25, 0.3) is 5.91 Å². The molecule has 1 aromatic carbocycles. The number of quaternary nitrogens is 1. The van der Waals surface area contributed by atoms with Crippen LogP contribution in [-0.4, -0.2) is 38.1 Å². The molecule has 1 amide bonds. The Morgan fingerprint density at radius 1 is 1.35 bits per heavy atom. The number of ether oxygens (including phenoxy) is 1. The van der Waals surface area contributed by atoms with Crippen LogP contribution in [0.1, 0.15) is 30.9 Å². The summed E-state index contributed by atoms with van der Waals surface area (Å²) >= 11 is 0. The van der Waals surface area contributed by atoms with Crippen molar-refractivity contribution >= 4 is 17.6 Å². The summed E-state index contributed by atoms with van der Waals surface area (Å²) in [5.74, 6) is -0.204. The van der Waals surface area contributed by atoms with Crippen molar-refractivity contribution in [1.82, 2.24) is 0 Å². The van der Waals surface area contributed by atoms with Crippen LogP contribution in [0.5, 0.6) is 0 Å². The number of hydrogen-bond donors (Lipinski definition) is 2. The molecule has 0 saturated carbocycles. The Bertz CT molecular complexity index is 571. The van der Waals surface area contributed by atoms with Crippen molar-refractivity contribution in [3.8, 4) is 0 Å². The van der Waals surface area contributed by atoms with E-state index in [0.29, 0.717) is 19.7 Å². The average molecular weight is 319 g/mol. The molecular formula is C18H27N2O3+. The lowest BCUT2D eigenvalue weighted by molar-refractivity contribution is -0.899. The van der Waals surface area contributed by atoms with Gasteiger partial charge in [-0.3, -0.25) is 9.59 Å². The van der Waals surface area contributed by atoms with Crippen LogP contribution in [-0.2, 0) is 14.3 Å². The predicted molar refractivity (Wildman–Crippen MR) is 89.5 cm³/mol. The van der Waals surface area contributed by atoms with Crippen molar-refractivity contribution in [3.05, 3.63) is 29.3 Å². The number of benzene rings is 1. The minimum Gasteiger partial charge on any atom is -0.466 e. The first-order chi connectivity index (χ1) is 11.0. The van der Waals surface area contributed by atoms with E-state index < -0.39 is 0 Å². The van der Waals surface area contributed by atoms with E-state index in [1.807, 2.05) is 39.0 Å². The topological polar surface area (TPSA) is 59.8 Å². The number of hydrogen-bond acceptors (Lipinski definition) is 3. The first-order valence-electron chi connectivity index (χ1n) is 8.37. The summed E-state index contributed by atoms with van der Waals surface area (Å²) in [5.41, 5.74) is 3.05. The normalized spacial score (nSPS) is 20.8. The van der Waals surface area contributed by atoms with E-state index in [4.69, 9.17) is 4.74 Å². The number of esters is 1. The molecule has 1 fully saturated rings. The Labute approximate surface area is 138 Å². The van der Waals surface area contributed by atoms with Gasteiger partial charge in [-0.15, -0.1) is 0 Å². The number of anilines is 1. The van der Waals surface area contributed by atoms with Crippen LogP contribution in [0.2, 0.25) is 0 Å². The van der Waals surface area contributed by atoms with Crippen LogP contribution >= 0.6 is 0 Å². The van der Waals surface area contributed by atoms with Crippen molar-refractivity contribution in [2.24, 2.45) is 5.92 Å². The molecule has 1 aromatic rings. The Hall–Kier alpha value is -1.88. The molecule has 1 unspecified atom stereocenters. The summed E-state index contributed by atoms with van der Waals surface area (Å²) in [6.45, 7) is 8.23. The molecule has 2 N–H and O–H groups in total. The van der Waals surface area contributed by atoms with E-state index in [9.17, 15) is 9.59 Å². The van der Waals surface area contributed by atoms with E-state index in [1.165, 1.54) is 0 Å². The Morgan fingerprint density at radius 2 is 2.13 bits per heavy atom. The lowest BCUT2D eigenvalue weighted by Gasteiger charge is -2.28. The first kappa shape index (κ1) is 17.5. The van der Waals surface area contributed by atoms with Crippen molar-refractivity contribution in [1.29, 1.82) is 0 Å². The van der Waals surface area contributed by atoms with Crippen LogP contribution in [0.3, 0.4) is 0 Å². The van der Waals surface area contributed by atoms with E-state index >= 15 is 0 Å². The Kier molecular flexibility index (Phi) is 6.16. The van der Waals surface area contributed by atoms with Gasteiger partial charge in [-0.1, -0.05) is 12.1 Å². The zero-order valence-electron chi connectivity index (χ0n) is 14.3. The first-order valence-corrected chi connectivity index (χ1v) is 8.37. The van der Waals surface area contributed by atoms with Crippen molar-refractivity contribution in [2.45, 2.75) is 33.6 Å². The standard InChI is InChI=1S/C18H26N2O3/c1-4-23-18(22)15-6-5-9-20(11-15)12-17(21)19-16-10-13(2)7-8-14(16)3/h7-8,10,15H,4-6,9,11-12H2,1-3H3,(H,19,21)/p+1/t15-/m1/s1. The molecule has 1 aliphatic rings. The zero-order chi connectivity index (χ0) is 16.8. The van der Waals surface area contributed by atoms with Gasteiger partial charge < -0.3 is 15.0 Å². The molecule has 1 saturated heterocycles. The third-order valence-corrected chi connectivity index (χ3v) is 4.32. The molecule has 0 aromatic heterocycles. The number of carbonyl (C=O) groups is 2. The largest absolute Gasteiger partial charge is 0.466 e. The maximum atomic E-state index is 12.3. The summed E-state index contributed by atoms with van der Waals surface area (Å²) in [7, 11) is 0. The summed E-state index contributed by atoms with van der Waals surface area (Å²) in [6, 6.07) is 6.03. The van der Waals surface area contributed by atoms with Crippen molar-refractivity contribution < 1.29 is 19.2 Å². The quantitative estimate of drug-likeness (QED) is 0.799. The maximum absolute atomic E-state index is 12.3. The highest BCUT2D eigenvalue weighted by Gasteiger charge is 2.30. The lowest BCUT2D eigenvalue weighted by atomic mass is 9.98. The number of aryl methyl sites for hydroxylation is 2. The molecule has 0 bridgehead atoms. The molecule has 23 heavy (non-hydrogen) atoms. The number of amides is 1. The van der Waals surface area contributed by atoms with Crippen LogP contribution in [0.15, 0.2) is 18.2 Å². The fourth-order valence-electron chi connectivity index (χ4n) is 3.06. The van der Waals surface area contributed by atoms with Gasteiger partial charge >= 0.3 is 5.97 Å². The highest BCUT2D eigenvalue weighted by Crippen LogP contribution is 2.16. The summed E-state index contributed by atoms with van der Waals surface area (Å²) in [6.07, 6.45) is 1.82. The van der Waals surface area contributed by atoms with E-state index in [-0.39, 0.29) is 17.8 Å². The zero-order valence-corrected chi connectivity index (χ0v) is 14.3. The maximum Gasteiger partial charge on any atom is 0.314 e. The second-order valence-electron chi connectivity index (χ2n) is 6.34. The Morgan fingerprint density at radius 3 is 2.87 bits per heavy atom. The fraction of sp³-hybridized carbons (Fsp3) is 0.556. The monoisotopic (exact) mass is 319 g/mol. The molecular weight excluding hydrogens is 292 g/mol. The third kappa shape index (κ3) is 5.06. The number of likely N-dealkylation sites (tertiary alicyclic amines) is 1. The molecule has 0 aliphatic carbocycles. The smallest absolute Gasteiger partial charge is 0.314 e. The minimum atomic E-state index is -0.125. The molecule has 0 spiro atoms. The average Bonchev–Trinajstić information content (AvgIpc) is 2.51. The van der Waals surface area contributed by atoms with Gasteiger partial charge in [0.15, 0.2) is 6.54 Å². The number of carbonyl (C=O) groups excluding carboxylic acids is 2. The number of nitrogens with one attached hydrogen (secondary N) is 2. The lowest BCUT2D eigenvalue weighted by Crippen LogP contribution is -3.14. The van der Waals surface area contributed by atoms with E-state index in [0.717, 1.165) is 41.1 Å². The molecule has 5 nitrogen and oxygen atoms in total. The molecule has 5 heteroatoms. The van der Waals surface area contributed by atoms with Crippen LogP contribution in [0.25, 0.3) is 0 Å². The van der Waals surface area contributed by atoms with Crippen LogP contribution in [0.4, 0.5) is 5.69 Å². The van der Waals surface area contributed by atoms with Gasteiger partial charge in [0.1, 0.15) is 5.92 Å². The van der Waals surface area contributed by atoms with Gasteiger partial charge in [0.05, 0.1) is 19.7 Å². The SMILES string of the molecule is CCOC(=O)[C@@H]1CCC[NH+](CC(=O)Nc2cc(C)ccc2C)C1. The summed E-state index contributed by atoms with van der Waals surface area (Å²) in [5, 5.41) is 2.99. The molecule has 1 heterocycles. The third-order valence-electron chi connectivity index (χ3n) is 4.32. The van der Waals surface area contributed by atoms with Crippen molar-refractivity contribution in [2.75, 3.05) is 31.6 Å². The highest BCUT2D eigenvalue weighted by molar-refractivity contribution is 5.92. The van der Waals surface area contributed by atoms with Crippen molar-refractivity contribution in [3.63, 3.8) is 0 Å². The van der Waals surface area contributed by atoms with Gasteiger partial charge in [-0.2, -0.15) is 0 Å². The molecule has 2 rings (SSSR count). The molecule has 0 radical (unpaired) electrons. The second-order valence-corrected chi connectivity index (χ2v) is 6.34. The summed E-state index contributed by atoms with van der Waals surface area (Å²) in [4.78, 5) is 25.3. The van der Waals surface area contributed by atoms with E-state index in [2.05, 4.69) is 5.32 Å². The van der Waals surface area contributed by atoms with E-state index in [1.54, 1.807) is 0 Å². The van der Waals surface area contributed by atoms with Gasteiger partial charge in [-0.05, 0) is 50.8 Å². The molecule has 126 valence electrons. The fourth-order valence-corrected chi connectivity index (χ4v) is 3.06.